The van der Waals surface area contributed by atoms with Crippen LogP contribution >= 0.6 is 0 Å². The van der Waals surface area contributed by atoms with E-state index in [4.69, 9.17) is 9.84 Å². The van der Waals surface area contributed by atoms with E-state index in [9.17, 15) is 18.7 Å². The molecule has 2 atom stereocenters. The summed E-state index contributed by atoms with van der Waals surface area (Å²) in [6.45, 7) is 0.867. The number of rotatable bonds is 5. The quantitative estimate of drug-likeness (QED) is 0.637. The molecule has 1 saturated heterocycles. The summed E-state index contributed by atoms with van der Waals surface area (Å²) in [5.74, 6) is -1.84. The van der Waals surface area contributed by atoms with Crippen LogP contribution in [0.4, 0.5) is 13.6 Å². The highest BCUT2D eigenvalue weighted by Crippen LogP contribution is 2.41. The van der Waals surface area contributed by atoms with Gasteiger partial charge in [0.2, 0.25) is 5.92 Å². The van der Waals surface area contributed by atoms with Crippen molar-refractivity contribution in [2.24, 2.45) is 5.92 Å². The number of hydrogen-bond acceptors (Lipinski definition) is 4. The molecule has 6 nitrogen and oxygen atoms in total. The third-order valence-electron chi connectivity index (χ3n) is 4.56. The van der Waals surface area contributed by atoms with Gasteiger partial charge in [-0.1, -0.05) is 12.1 Å². The van der Waals surface area contributed by atoms with Crippen LogP contribution in [0.5, 0.6) is 5.75 Å². The van der Waals surface area contributed by atoms with Gasteiger partial charge in [0.05, 0.1) is 13.2 Å². The second kappa shape index (κ2) is 9.14. The maximum absolute atomic E-state index is 12.1. The van der Waals surface area contributed by atoms with Crippen LogP contribution < -0.4 is 15.4 Å². The minimum absolute atomic E-state index is 0.144. The van der Waals surface area contributed by atoms with Crippen LogP contribution in [0.3, 0.4) is 0 Å². The summed E-state index contributed by atoms with van der Waals surface area (Å²) in [5.41, 5.74) is 1.28. The minimum Gasteiger partial charge on any atom is -0.497 e. The molecule has 2 fully saturated rings. The number of halogens is 2. The summed E-state index contributed by atoms with van der Waals surface area (Å²) >= 11 is 0. The lowest BCUT2D eigenvalue weighted by Crippen LogP contribution is -2.42. The highest BCUT2D eigenvalue weighted by atomic mass is 19.3. The van der Waals surface area contributed by atoms with E-state index in [1.807, 2.05) is 12.1 Å². The van der Waals surface area contributed by atoms with E-state index >= 15 is 0 Å². The third-order valence-corrected chi connectivity index (χ3v) is 4.56. The van der Waals surface area contributed by atoms with Gasteiger partial charge in [0, 0.05) is 32.0 Å². The Morgan fingerprint density at radius 3 is 2.46 bits per heavy atom. The second-order valence-corrected chi connectivity index (χ2v) is 6.86. The summed E-state index contributed by atoms with van der Waals surface area (Å²) in [7, 11) is 1.67. The summed E-state index contributed by atoms with van der Waals surface area (Å²) in [6.07, 6.45) is 0.127. The van der Waals surface area contributed by atoms with Crippen LogP contribution in [0, 0.1) is 5.92 Å². The monoisotopic (exact) mass is 372 g/mol. The molecule has 1 aromatic rings. The SMILES string of the molecule is COc1ccc(C[C@@H]2C[C@@H](O)CN2)cc1.O=C(O)NCC1CC(F)(F)C1. The van der Waals surface area contributed by atoms with Crippen LogP contribution in [-0.4, -0.2) is 54.6 Å². The van der Waals surface area contributed by atoms with Crippen molar-refractivity contribution in [1.29, 1.82) is 0 Å². The standard InChI is InChI=1S/C12H17NO2.C6H9F2NO2/c1-15-12-4-2-9(3-5-12)6-10-7-11(14)8-13-10;7-6(8)1-4(2-6)3-9-5(10)11/h2-5,10-11,13-14H,6-8H2,1H3;4,9H,1-3H2,(H,10,11)/t10-,11-;/m1./s1. The van der Waals surface area contributed by atoms with Crippen molar-refractivity contribution in [3.8, 4) is 5.75 Å². The molecule has 26 heavy (non-hydrogen) atoms. The normalized spacial score (nSPS) is 24.2. The molecule has 4 N–H and O–H groups in total. The van der Waals surface area contributed by atoms with E-state index in [-0.39, 0.29) is 31.4 Å². The average molecular weight is 372 g/mol. The fourth-order valence-corrected chi connectivity index (χ4v) is 3.16. The molecule has 0 bridgehead atoms. The van der Waals surface area contributed by atoms with Crippen LogP contribution in [0.1, 0.15) is 24.8 Å². The molecular formula is C18H26F2N2O4. The van der Waals surface area contributed by atoms with Gasteiger partial charge < -0.3 is 25.6 Å². The number of carbonyl (C=O) groups is 1. The number of aliphatic hydroxyl groups is 1. The highest BCUT2D eigenvalue weighted by Gasteiger charge is 2.44. The Bertz CT molecular complexity index is 575. The Labute approximate surface area is 151 Å². The lowest BCUT2D eigenvalue weighted by atomic mass is 9.81. The number of hydrogen-bond donors (Lipinski definition) is 4. The first kappa shape index (κ1) is 20.4. The Balaban J connectivity index is 0.000000197. The smallest absolute Gasteiger partial charge is 0.404 e. The number of aliphatic hydroxyl groups excluding tert-OH is 1. The van der Waals surface area contributed by atoms with E-state index in [0.29, 0.717) is 6.04 Å². The van der Waals surface area contributed by atoms with E-state index in [1.54, 1.807) is 7.11 Å². The number of ether oxygens (including phenoxy) is 1. The number of nitrogens with one attached hydrogen (secondary N) is 2. The molecule has 0 unspecified atom stereocenters. The number of methoxy groups -OCH3 is 1. The van der Waals surface area contributed by atoms with Crippen LogP contribution in [0.2, 0.25) is 0 Å². The van der Waals surface area contributed by atoms with Gasteiger partial charge >= 0.3 is 6.09 Å². The predicted molar refractivity (Wildman–Crippen MR) is 92.8 cm³/mol. The van der Waals surface area contributed by atoms with Gasteiger partial charge in [-0.05, 0) is 36.5 Å². The molecule has 1 amide bonds. The Morgan fingerprint density at radius 2 is 2.00 bits per heavy atom. The number of carboxylic acid groups (broad SMARTS) is 1. The van der Waals surface area contributed by atoms with Crippen molar-refractivity contribution in [1.82, 2.24) is 10.6 Å². The first-order chi connectivity index (χ1) is 12.3. The van der Waals surface area contributed by atoms with E-state index in [0.717, 1.165) is 25.1 Å². The van der Waals surface area contributed by atoms with Crippen molar-refractivity contribution in [3.63, 3.8) is 0 Å². The number of amides is 1. The number of β-amino-alcohol motifs (C(OH)–C–C–N with tert-alkyl or cyclic N) is 1. The van der Waals surface area contributed by atoms with E-state index in [1.165, 1.54) is 5.56 Å². The molecule has 3 rings (SSSR count). The van der Waals surface area contributed by atoms with Crippen molar-refractivity contribution in [3.05, 3.63) is 29.8 Å². The van der Waals surface area contributed by atoms with Gasteiger partial charge in [-0.2, -0.15) is 0 Å². The van der Waals surface area contributed by atoms with Gasteiger partial charge in [-0.25, -0.2) is 13.6 Å². The third kappa shape index (κ3) is 6.76. The van der Waals surface area contributed by atoms with Crippen molar-refractivity contribution in [2.45, 2.75) is 43.8 Å². The van der Waals surface area contributed by atoms with Gasteiger partial charge in [-0.3, -0.25) is 0 Å². The second-order valence-electron chi connectivity index (χ2n) is 6.86. The average Bonchev–Trinajstić information content (AvgIpc) is 2.97. The molecule has 1 aliphatic heterocycles. The van der Waals surface area contributed by atoms with Gasteiger partial charge in [0.15, 0.2) is 0 Å². The lowest BCUT2D eigenvalue weighted by molar-refractivity contribution is -0.108. The Hall–Kier alpha value is -1.93. The van der Waals surface area contributed by atoms with Crippen molar-refractivity contribution >= 4 is 6.09 Å². The van der Waals surface area contributed by atoms with Crippen LogP contribution in [0.15, 0.2) is 24.3 Å². The zero-order chi connectivity index (χ0) is 19.2. The molecule has 0 radical (unpaired) electrons. The van der Waals surface area contributed by atoms with Crippen molar-refractivity contribution < 1.29 is 28.5 Å². The minimum atomic E-state index is -2.55. The largest absolute Gasteiger partial charge is 0.497 e. The number of benzene rings is 1. The molecule has 0 spiro atoms. The summed E-state index contributed by atoms with van der Waals surface area (Å²) in [4.78, 5) is 9.91. The topological polar surface area (TPSA) is 90.8 Å². The maximum atomic E-state index is 12.1. The van der Waals surface area contributed by atoms with E-state index in [2.05, 4.69) is 22.8 Å². The Morgan fingerprint density at radius 1 is 1.35 bits per heavy atom. The van der Waals surface area contributed by atoms with Gasteiger partial charge in [0.1, 0.15) is 5.75 Å². The van der Waals surface area contributed by atoms with Crippen LogP contribution in [0.25, 0.3) is 0 Å². The molecule has 0 aromatic heterocycles. The highest BCUT2D eigenvalue weighted by molar-refractivity contribution is 5.64. The molecule has 1 aromatic carbocycles. The van der Waals surface area contributed by atoms with Gasteiger partial charge in [0.25, 0.3) is 0 Å². The number of alkyl halides is 2. The van der Waals surface area contributed by atoms with Crippen LogP contribution in [-0.2, 0) is 6.42 Å². The molecule has 2 aliphatic rings. The van der Waals surface area contributed by atoms with Crippen molar-refractivity contribution in [2.75, 3.05) is 20.2 Å². The summed E-state index contributed by atoms with van der Waals surface area (Å²) < 4.78 is 29.4. The first-order valence-corrected chi connectivity index (χ1v) is 8.66. The summed E-state index contributed by atoms with van der Waals surface area (Å²) in [6, 6.07) is 8.51. The molecular weight excluding hydrogens is 346 g/mol. The Kier molecular flexibility index (Phi) is 7.16. The molecule has 146 valence electrons. The lowest BCUT2D eigenvalue weighted by Gasteiger charge is -2.34. The van der Waals surface area contributed by atoms with Gasteiger partial charge in [-0.15, -0.1) is 0 Å². The fourth-order valence-electron chi connectivity index (χ4n) is 3.16. The molecule has 1 heterocycles. The predicted octanol–water partition coefficient (Wildman–Crippen LogP) is 2.26. The first-order valence-electron chi connectivity index (χ1n) is 8.66. The maximum Gasteiger partial charge on any atom is 0.404 e. The zero-order valence-electron chi connectivity index (χ0n) is 14.8. The molecule has 1 saturated carbocycles. The molecule has 8 heteroatoms. The molecule has 1 aliphatic carbocycles. The summed E-state index contributed by atoms with van der Waals surface area (Å²) in [5, 5.41) is 22.9. The van der Waals surface area contributed by atoms with E-state index < -0.39 is 12.0 Å². The fraction of sp³-hybridized carbons (Fsp3) is 0.611. The zero-order valence-corrected chi connectivity index (χ0v) is 14.8.